The van der Waals surface area contributed by atoms with E-state index < -0.39 is 0 Å². The smallest absolute Gasteiger partial charge is 0.326 e. The molecule has 0 unspecified atom stereocenters. The molecule has 0 aliphatic carbocycles. The summed E-state index contributed by atoms with van der Waals surface area (Å²) in [6.45, 7) is 0.665. The molecule has 102 valence electrons. The molecule has 1 heterocycles. The zero-order valence-electron chi connectivity index (χ0n) is 11.0. The third-order valence-corrected chi connectivity index (χ3v) is 3.45. The van der Waals surface area contributed by atoms with Crippen LogP contribution in [0.5, 0.6) is 5.75 Å². The molecule has 0 radical (unpaired) electrons. The van der Waals surface area contributed by atoms with Crippen LogP contribution in [0.3, 0.4) is 0 Å². The Labute approximate surface area is 116 Å². The zero-order valence-corrected chi connectivity index (χ0v) is 11.0. The van der Waals surface area contributed by atoms with Crippen molar-refractivity contribution in [2.75, 3.05) is 0 Å². The van der Waals surface area contributed by atoms with Crippen LogP contribution < -0.4 is 5.69 Å². The van der Waals surface area contributed by atoms with E-state index in [9.17, 15) is 9.90 Å². The van der Waals surface area contributed by atoms with Crippen LogP contribution in [0.1, 0.15) is 12.0 Å². The Morgan fingerprint density at radius 1 is 1.10 bits per heavy atom. The standard InChI is InChI=1S/C16H16N2O2/c19-13-8-9-15-14(11-13)17-16(20)18(15)10-4-7-12-5-2-1-3-6-12/h1-3,5-6,8-9,11,19H,4,7,10H2,(H,17,20). The molecular formula is C16H16N2O2. The Morgan fingerprint density at radius 3 is 2.70 bits per heavy atom. The minimum Gasteiger partial charge on any atom is -0.508 e. The number of benzene rings is 2. The van der Waals surface area contributed by atoms with Gasteiger partial charge in [0.2, 0.25) is 0 Å². The molecular weight excluding hydrogens is 252 g/mol. The van der Waals surface area contributed by atoms with Crippen LogP contribution in [0.15, 0.2) is 53.3 Å². The minimum atomic E-state index is -0.126. The largest absolute Gasteiger partial charge is 0.508 e. The number of phenols is 1. The fourth-order valence-electron chi connectivity index (χ4n) is 2.46. The molecule has 0 atom stereocenters. The number of aromatic nitrogens is 2. The van der Waals surface area contributed by atoms with Crippen molar-refractivity contribution >= 4 is 11.0 Å². The first-order valence-electron chi connectivity index (χ1n) is 6.69. The average Bonchev–Trinajstić information content (AvgIpc) is 2.75. The van der Waals surface area contributed by atoms with Crippen molar-refractivity contribution in [2.45, 2.75) is 19.4 Å². The summed E-state index contributed by atoms with van der Waals surface area (Å²) in [5, 5.41) is 9.42. The lowest BCUT2D eigenvalue weighted by Gasteiger charge is -2.04. The number of imidazole rings is 1. The molecule has 3 rings (SSSR count). The number of aromatic amines is 1. The average molecular weight is 268 g/mol. The van der Waals surface area contributed by atoms with E-state index in [-0.39, 0.29) is 11.4 Å². The Balaban J connectivity index is 1.78. The van der Waals surface area contributed by atoms with E-state index in [0.29, 0.717) is 12.1 Å². The van der Waals surface area contributed by atoms with Gasteiger partial charge in [0, 0.05) is 12.6 Å². The molecule has 0 aliphatic heterocycles. The van der Waals surface area contributed by atoms with Crippen LogP contribution >= 0.6 is 0 Å². The molecule has 0 fully saturated rings. The van der Waals surface area contributed by atoms with Gasteiger partial charge < -0.3 is 10.1 Å². The van der Waals surface area contributed by atoms with Crippen LogP contribution in [0, 0.1) is 0 Å². The summed E-state index contributed by atoms with van der Waals surface area (Å²) in [6, 6.07) is 15.2. The van der Waals surface area contributed by atoms with Crippen LogP contribution in [0.4, 0.5) is 0 Å². The van der Waals surface area contributed by atoms with Gasteiger partial charge in [-0.1, -0.05) is 30.3 Å². The fraction of sp³-hybridized carbons (Fsp3) is 0.188. The van der Waals surface area contributed by atoms with Gasteiger partial charge in [0.15, 0.2) is 0 Å². The number of rotatable bonds is 4. The number of fused-ring (bicyclic) bond motifs is 1. The van der Waals surface area contributed by atoms with E-state index in [1.54, 1.807) is 22.8 Å². The molecule has 2 N–H and O–H groups in total. The van der Waals surface area contributed by atoms with Crippen LogP contribution in [0.25, 0.3) is 11.0 Å². The quantitative estimate of drug-likeness (QED) is 0.764. The lowest BCUT2D eigenvalue weighted by Crippen LogP contribution is -2.17. The zero-order chi connectivity index (χ0) is 13.9. The third-order valence-electron chi connectivity index (χ3n) is 3.45. The molecule has 0 aliphatic rings. The predicted molar refractivity (Wildman–Crippen MR) is 79.0 cm³/mol. The number of nitrogens with zero attached hydrogens (tertiary/aromatic N) is 1. The van der Waals surface area contributed by atoms with Crippen LogP contribution in [-0.4, -0.2) is 14.7 Å². The summed E-state index contributed by atoms with van der Waals surface area (Å²) in [5.41, 5.74) is 2.66. The Morgan fingerprint density at radius 2 is 1.90 bits per heavy atom. The second kappa shape index (κ2) is 5.25. The molecule has 4 nitrogen and oxygen atoms in total. The Hall–Kier alpha value is -2.49. The highest BCUT2D eigenvalue weighted by Crippen LogP contribution is 2.17. The molecule has 0 bridgehead atoms. The van der Waals surface area contributed by atoms with E-state index in [2.05, 4.69) is 17.1 Å². The molecule has 3 aromatic rings. The van der Waals surface area contributed by atoms with E-state index in [1.165, 1.54) is 5.56 Å². The van der Waals surface area contributed by atoms with Gasteiger partial charge in [-0.15, -0.1) is 0 Å². The maximum absolute atomic E-state index is 11.9. The van der Waals surface area contributed by atoms with Gasteiger partial charge in [-0.3, -0.25) is 4.57 Å². The number of hydrogen-bond acceptors (Lipinski definition) is 2. The van der Waals surface area contributed by atoms with Gasteiger partial charge in [-0.2, -0.15) is 0 Å². The van der Waals surface area contributed by atoms with Crippen molar-refractivity contribution in [3.63, 3.8) is 0 Å². The van der Waals surface area contributed by atoms with Crippen molar-refractivity contribution in [3.8, 4) is 5.75 Å². The molecule has 1 aromatic heterocycles. The topological polar surface area (TPSA) is 58.0 Å². The summed E-state index contributed by atoms with van der Waals surface area (Å²) >= 11 is 0. The number of H-pyrrole nitrogens is 1. The Kier molecular flexibility index (Phi) is 3.29. The molecule has 0 spiro atoms. The van der Waals surface area contributed by atoms with Gasteiger partial charge >= 0.3 is 5.69 Å². The first-order chi connectivity index (χ1) is 9.74. The summed E-state index contributed by atoms with van der Waals surface area (Å²) < 4.78 is 1.72. The minimum absolute atomic E-state index is 0.126. The first-order valence-corrected chi connectivity index (χ1v) is 6.69. The van der Waals surface area contributed by atoms with Gasteiger partial charge in [0.25, 0.3) is 0 Å². The number of hydrogen-bond donors (Lipinski definition) is 2. The van der Waals surface area contributed by atoms with Gasteiger partial charge in [0.05, 0.1) is 11.0 Å². The van der Waals surface area contributed by atoms with Crippen molar-refractivity contribution in [1.29, 1.82) is 0 Å². The molecule has 4 heteroatoms. The fourth-order valence-corrected chi connectivity index (χ4v) is 2.46. The second-order valence-electron chi connectivity index (χ2n) is 4.87. The highest BCUT2D eigenvalue weighted by atomic mass is 16.3. The molecule has 0 saturated heterocycles. The summed E-state index contributed by atoms with van der Waals surface area (Å²) in [4.78, 5) is 14.7. The number of aromatic hydroxyl groups is 1. The number of aryl methyl sites for hydroxylation is 2. The monoisotopic (exact) mass is 268 g/mol. The summed E-state index contributed by atoms with van der Waals surface area (Å²) in [6.07, 6.45) is 1.84. The first kappa shape index (κ1) is 12.5. The maximum atomic E-state index is 11.9. The lowest BCUT2D eigenvalue weighted by molar-refractivity contribution is 0.476. The van der Waals surface area contributed by atoms with E-state index >= 15 is 0 Å². The van der Waals surface area contributed by atoms with Crippen molar-refractivity contribution in [2.24, 2.45) is 0 Å². The van der Waals surface area contributed by atoms with Crippen LogP contribution in [0.2, 0.25) is 0 Å². The van der Waals surface area contributed by atoms with E-state index in [4.69, 9.17) is 0 Å². The molecule has 2 aromatic carbocycles. The number of nitrogens with one attached hydrogen (secondary N) is 1. The van der Waals surface area contributed by atoms with Gasteiger partial charge in [-0.05, 0) is 30.5 Å². The Bertz CT molecular complexity index is 772. The SMILES string of the molecule is O=c1[nH]c2cc(O)ccc2n1CCCc1ccccc1. The van der Waals surface area contributed by atoms with Crippen molar-refractivity contribution < 1.29 is 5.11 Å². The second-order valence-corrected chi connectivity index (χ2v) is 4.87. The van der Waals surface area contributed by atoms with Crippen LogP contribution in [-0.2, 0) is 13.0 Å². The normalized spacial score (nSPS) is 11.0. The highest BCUT2D eigenvalue weighted by molar-refractivity contribution is 5.76. The highest BCUT2D eigenvalue weighted by Gasteiger charge is 2.06. The third kappa shape index (κ3) is 2.45. The lowest BCUT2D eigenvalue weighted by atomic mass is 10.1. The number of phenolic OH excluding ortho intramolecular Hbond substituents is 1. The van der Waals surface area contributed by atoms with Crippen molar-refractivity contribution in [1.82, 2.24) is 9.55 Å². The van der Waals surface area contributed by atoms with Gasteiger partial charge in [-0.25, -0.2) is 4.79 Å². The molecule has 0 saturated carbocycles. The van der Waals surface area contributed by atoms with Crippen molar-refractivity contribution in [3.05, 3.63) is 64.6 Å². The molecule has 20 heavy (non-hydrogen) atoms. The molecule has 0 amide bonds. The maximum Gasteiger partial charge on any atom is 0.326 e. The predicted octanol–water partition coefficient (Wildman–Crippen LogP) is 2.67. The van der Waals surface area contributed by atoms with E-state index in [0.717, 1.165) is 18.4 Å². The van der Waals surface area contributed by atoms with E-state index in [1.807, 2.05) is 18.2 Å². The van der Waals surface area contributed by atoms with Gasteiger partial charge in [0.1, 0.15) is 5.75 Å². The summed E-state index contributed by atoms with van der Waals surface area (Å²) in [5.74, 6) is 0.162. The summed E-state index contributed by atoms with van der Waals surface area (Å²) in [7, 11) is 0.